The van der Waals surface area contributed by atoms with E-state index in [2.05, 4.69) is 42.7 Å². The van der Waals surface area contributed by atoms with Crippen LogP contribution in [-0.4, -0.2) is 56.9 Å². The van der Waals surface area contributed by atoms with Gasteiger partial charge < -0.3 is 13.3 Å². The molecule has 0 aliphatic rings. The van der Waals surface area contributed by atoms with E-state index in [0.29, 0.717) is 6.61 Å². The van der Waals surface area contributed by atoms with E-state index in [1.54, 1.807) is 14.2 Å². The standard InChI is InChI=1S/C10H25O3SSi2/c1-10(2,3)8-13-16(11-4,12-5)9-14(6,7)15/h8-9H2,1-7H3. The molecule has 16 heavy (non-hydrogen) atoms. The highest BCUT2D eigenvalue weighted by atomic mass is 32.4. The third-order valence-corrected chi connectivity index (χ3v) is 9.31. The lowest BCUT2D eigenvalue weighted by Crippen LogP contribution is -2.50. The van der Waals surface area contributed by atoms with Crippen molar-refractivity contribution in [3.05, 3.63) is 0 Å². The lowest BCUT2D eigenvalue weighted by Gasteiger charge is -2.36. The molecule has 97 valence electrons. The lowest BCUT2D eigenvalue weighted by molar-refractivity contribution is 0.0708. The Labute approximate surface area is 106 Å². The molecule has 0 N–H and O–H groups in total. The van der Waals surface area contributed by atoms with Crippen molar-refractivity contribution in [3.8, 4) is 0 Å². The maximum atomic E-state index is 5.95. The average molecular weight is 282 g/mol. The van der Waals surface area contributed by atoms with Crippen LogP contribution in [0.3, 0.4) is 0 Å². The Morgan fingerprint density at radius 2 is 1.56 bits per heavy atom. The monoisotopic (exact) mass is 281 g/mol. The molecule has 0 spiro atoms. The largest absolute Gasteiger partial charge is 0.508 e. The molecule has 0 rings (SSSR count). The summed E-state index contributed by atoms with van der Waals surface area (Å²) >= 11 is 0. The molecule has 0 saturated carbocycles. The predicted octanol–water partition coefficient (Wildman–Crippen LogP) is 1.97. The molecular formula is C10H25O3SSi2. The van der Waals surface area contributed by atoms with E-state index in [-0.39, 0.29) is 5.41 Å². The van der Waals surface area contributed by atoms with E-state index >= 15 is 0 Å². The van der Waals surface area contributed by atoms with Gasteiger partial charge in [-0.3, -0.25) is 9.48 Å². The maximum absolute atomic E-state index is 5.95. The van der Waals surface area contributed by atoms with Gasteiger partial charge in [0.15, 0.2) is 0 Å². The molecule has 0 bridgehead atoms. The Kier molecular flexibility index (Phi) is 6.26. The van der Waals surface area contributed by atoms with Gasteiger partial charge in [-0.05, 0) is 17.9 Å². The van der Waals surface area contributed by atoms with Gasteiger partial charge in [0.05, 0.1) is 9.39 Å². The van der Waals surface area contributed by atoms with E-state index in [9.17, 15) is 0 Å². The van der Waals surface area contributed by atoms with Crippen molar-refractivity contribution in [3.63, 3.8) is 0 Å². The van der Waals surface area contributed by atoms with Crippen LogP contribution in [0.5, 0.6) is 0 Å². The second kappa shape index (κ2) is 6.01. The smallest absolute Gasteiger partial charge is 0.376 e. The van der Waals surface area contributed by atoms with Crippen molar-refractivity contribution in [1.29, 1.82) is 0 Å². The van der Waals surface area contributed by atoms with E-state index < -0.39 is 18.3 Å². The molecular weight excluding hydrogens is 256 g/mol. The Hall–Kier alpha value is 0.664. The van der Waals surface area contributed by atoms with Gasteiger partial charge >= 0.3 is 8.80 Å². The molecule has 0 amide bonds. The topological polar surface area (TPSA) is 27.7 Å². The minimum atomic E-state index is -2.50. The first-order chi connectivity index (χ1) is 7.04. The summed E-state index contributed by atoms with van der Waals surface area (Å²) in [7, 11) is 3.72. The van der Waals surface area contributed by atoms with Crippen LogP contribution in [0, 0.1) is 5.41 Å². The number of rotatable bonds is 6. The fraction of sp³-hybridized carbons (Fsp3) is 1.00. The summed E-state index contributed by atoms with van der Waals surface area (Å²) in [5.41, 5.74) is 0.126. The first-order valence-corrected chi connectivity index (χ1v) is 11.0. The molecule has 6 heteroatoms. The highest BCUT2D eigenvalue weighted by Gasteiger charge is 2.42. The molecule has 0 aromatic carbocycles. The Morgan fingerprint density at radius 3 is 1.81 bits per heavy atom. The fourth-order valence-electron chi connectivity index (χ4n) is 1.13. The molecule has 0 aromatic heterocycles. The summed E-state index contributed by atoms with van der Waals surface area (Å²) in [6.45, 7) is 7.08. The van der Waals surface area contributed by atoms with Crippen LogP contribution in [-0.2, 0) is 13.3 Å². The van der Waals surface area contributed by atoms with Crippen LogP contribution in [0.25, 0.3) is 0 Å². The van der Waals surface area contributed by atoms with Gasteiger partial charge in [-0.1, -0.05) is 20.8 Å². The van der Waals surface area contributed by atoms with Crippen LogP contribution in [0.2, 0.25) is 0 Å². The number of hydrogen-bond donors (Lipinski definition) is 0. The van der Waals surface area contributed by atoms with Gasteiger partial charge in [0.1, 0.15) is 0 Å². The van der Waals surface area contributed by atoms with Crippen molar-refractivity contribution in [2.75, 3.05) is 38.7 Å². The first kappa shape index (κ1) is 16.7. The molecule has 0 heterocycles. The SMILES string of the molecule is CO[Si](CS(C)(C)[Si])(OC)OCC(C)(C)C. The third kappa shape index (κ3) is 7.08. The zero-order valence-electron chi connectivity index (χ0n) is 11.5. The first-order valence-electron chi connectivity index (χ1n) is 5.23. The minimum Gasteiger partial charge on any atom is -0.376 e. The molecule has 0 saturated heterocycles. The third-order valence-electron chi connectivity index (χ3n) is 1.88. The van der Waals surface area contributed by atoms with Crippen molar-refractivity contribution in [2.45, 2.75) is 20.8 Å². The Bertz CT molecular complexity index is 207. The second-order valence-electron chi connectivity index (χ2n) is 5.62. The van der Waals surface area contributed by atoms with Gasteiger partial charge in [-0.2, -0.15) is 0 Å². The van der Waals surface area contributed by atoms with Crippen molar-refractivity contribution >= 4 is 27.7 Å². The lowest BCUT2D eigenvalue weighted by atomic mass is 9.99. The molecule has 3 nitrogen and oxygen atoms in total. The molecule has 3 radical (unpaired) electrons. The predicted molar refractivity (Wildman–Crippen MR) is 75.2 cm³/mol. The van der Waals surface area contributed by atoms with Gasteiger partial charge in [0.2, 0.25) is 0 Å². The van der Waals surface area contributed by atoms with Crippen LogP contribution in [0.4, 0.5) is 0 Å². The van der Waals surface area contributed by atoms with E-state index in [1.807, 2.05) is 0 Å². The molecule has 0 unspecified atom stereocenters. The van der Waals surface area contributed by atoms with Crippen LogP contribution in [0.15, 0.2) is 0 Å². The van der Waals surface area contributed by atoms with Crippen molar-refractivity contribution in [2.24, 2.45) is 5.41 Å². The maximum Gasteiger partial charge on any atom is 0.508 e. The summed E-state index contributed by atoms with van der Waals surface area (Å²) in [5, 5.41) is 0.833. The van der Waals surface area contributed by atoms with E-state index in [0.717, 1.165) is 5.38 Å². The van der Waals surface area contributed by atoms with Gasteiger partial charge in [-0.25, -0.2) is 0 Å². The molecule has 0 fully saturated rings. The van der Waals surface area contributed by atoms with Crippen LogP contribution < -0.4 is 0 Å². The highest BCUT2D eigenvalue weighted by Crippen LogP contribution is 2.37. The normalized spacial score (nSPS) is 15.2. The van der Waals surface area contributed by atoms with Crippen LogP contribution >= 0.6 is 9.48 Å². The summed E-state index contributed by atoms with van der Waals surface area (Å²) in [5.74, 6) is 0. The van der Waals surface area contributed by atoms with Crippen LogP contribution in [0.1, 0.15) is 20.8 Å². The summed E-state index contributed by atoms with van der Waals surface area (Å²) in [4.78, 5) is 0. The van der Waals surface area contributed by atoms with Gasteiger partial charge in [0.25, 0.3) is 0 Å². The summed E-state index contributed by atoms with van der Waals surface area (Å²) < 4.78 is 17.0. The van der Waals surface area contributed by atoms with Crippen molar-refractivity contribution in [1.82, 2.24) is 0 Å². The summed E-state index contributed by atoms with van der Waals surface area (Å²) in [6, 6.07) is 0. The minimum absolute atomic E-state index is 0.126. The second-order valence-corrected chi connectivity index (χ2v) is 15.6. The van der Waals surface area contributed by atoms with Gasteiger partial charge in [-0.15, -0.1) is 0 Å². The highest BCUT2D eigenvalue weighted by molar-refractivity contribution is 8.49. The van der Waals surface area contributed by atoms with E-state index in [1.165, 1.54) is 0 Å². The average Bonchev–Trinajstić information content (AvgIpc) is 2.09. The zero-order valence-corrected chi connectivity index (χ0v) is 14.4. The molecule has 0 aliphatic carbocycles. The number of hydrogen-bond acceptors (Lipinski definition) is 3. The zero-order chi connectivity index (χ0) is 13.0. The van der Waals surface area contributed by atoms with E-state index in [4.69, 9.17) is 13.3 Å². The van der Waals surface area contributed by atoms with Gasteiger partial charge in [0, 0.05) is 26.2 Å². The molecule has 0 aliphatic heterocycles. The molecule has 0 aromatic rings. The fourth-order valence-corrected chi connectivity index (χ4v) is 8.59. The quantitative estimate of drug-likeness (QED) is 0.697. The summed E-state index contributed by atoms with van der Waals surface area (Å²) in [6.07, 6.45) is 4.34. The molecule has 0 atom stereocenters. The Balaban J connectivity index is 4.57. The van der Waals surface area contributed by atoms with Crippen molar-refractivity contribution < 1.29 is 13.3 Å². The Morgan fingerprint density at radius 1 is 1.12 bits per heavy atom.